The van der Waals surface area contributed by atoms with Crippen LogP contribution in [0.2, 0.25) is 0 Å². The minimum atomic E-state index is -3.34. The van der Waals surface area contributed by atoms with Crippen LogP contribution in [-0.2, 0) is 16.4 Å². The largest absolute Gasteiger partial charge is 0.330 e. The maximum atomic E-state index is 12.2. The fraction of sp³-hybridized carbons (Fsp3) is 0.636. The number of thiophene rings is 1. The van der Waals surface area contributed by atoms with Gasteiger partial charge in [0.1, 0.15) is 4.21 Å². The van der Waals surface area contributed by atoms with Crippen LogP contribution in [0.5, 0.6) is 0 Å². The standard InChI is InChI=1S/C11H18N2O2S3/c12-6-5-10-3-4-11(17-10)18(14,15)13-9-2-1-7-16-8-9/h3-4,9,13H,1-2,5-8,12H2. The van der Waals surface area contributed by atoms with Gasteiger partial charge in [-0.1, -0.05) is 0 Å². The highest BCUT2D eigenvalue weighted by atomic mass is 32.2. The zero-order valence-corrected chi connectivity index (χ0v) is 12.5. The number of rotatable bonds is 5. The molecule has 0 radical (unpaired) electrons. The Morgan fingerprint density at radius 1 is 1.44 bits per heavy atom. The van der Waals surface area contributed by atoms with Gasteiger partial charge in [0.2, 0.25) is 10.0 Å². The summed E-state index contributed by atoms with van der Waals surface area (Å²) in [5.41, 5.74) is 5.47. The third-order valence-corrected chi connectivity index (χ3v) is 7.15. The van der Waals surface area contributed by atoms with Crippen molar-refractivity contribution in [3.8, 4) is 0 Å². The first-order valence-corrected chi connectivity index (χ1v) is 9.46. The molecule has 1 unspecified atom stereocenters. The fourth-order valence-electron chi connectivity index (χ4n) is 1.89. The summed E-state index contributed by atoms with van der Waals surface area (Å²) in [7, 11) is -3.34. The summed E-state index contributed by atoms with van der Waals surface area (Å²) in [5.74, 6) is 2.01. The summed E-state index contributed by atoms with van der Waals surface area (Å²) in [6.07, 6.45) is 2.76. The lowest BCUT2D eigenvalue weighted by atomic mass is 10.2. The van der Waals surface area contributed by atoms with Crippen molar-refractivity contribution in [3.05, 3.63) is 17.0 Å². The molecule has 102 valence electrons. The van der Waals surface area contributed by atoms with Gasteiger partial charge in [0.25, 0.3) is 0 Å². The van der Waals surface area contributed by atoms with E-state index < -0.39 is 10.0 Å². The Morgan fingerprint density at radius 2 is 2.28 bits per heavy atom. The normalized spacial score (nSPS) is 21.1. The van der Waals surface area contributed by atoms with Gasteiger partial charge in [0.05, 0.1) is 0 Å². The molecular formula is C11H18N2O2S3. The lowest BCUT2D eigenvalue weighted by Gasteiger charge is -2.21. The summed E-state index contributed by atoms with van der Waals surface area (Å²) < 4.78 is 27.6. The second kappa shape index (κ2) is 6.38. The Hall–Kier alpha value is -0.0800. The molecule has 3 N–H and O–H groups in total. The molecule has 7 heteroatoms. The quantitative estimate of drug-likeness (QED) is 0.863. The third-order valence-electron chi connectivity index (χ3n) is 2.77. The predicted molar refractivity (Wildman–Crippen MR) is 77.7 cm³/mol. The summed E-state index contributed by atoms with van der Waals surface area (Å²) >= 11 is 3.13. The molecule has 1 atom stereocenters. The topological polar surface area (TPSA) is 72.2 Å². The number of nitrogens with two attached hydrogens (primary N) is 1. The molecule has 1 aromatic heterocycles. The Balaban J connectivity index is 2.04. The van der Waals surface area contributed by atoms with Gasteiger partial charge in [0, 0.05) is 16.7 Å². The molecule has 0 aromatic carbocycles. The zero-order chi connectivity index (χ0) is 13.0. The Morgan fingerprint density at radius 3 is 2.94 bits per heavy atom. The van der Waals surface area contributed by atoms with E-state index in [2.05, 4.69) is 4.72 Å². The van der Waals surface area contributed by atoms with Gasteiger partial charge >= 0.3 is 0 Å². The summed E-state index contributed by atoms with van der Waals surface area (Å²) in [6, 6.07) is 3.60. The van der Waals surface area contributed by atoms with Crippen LogP contribution in [0.15, 0.2) is 16.3 Å². The summed E-state index contributed by atoms with van der Waals surface area (Å²) in [4.78, 5) is 1.02. The van der Waals surface area contributed by atoms with Gasteiger partial charge < -0.3 is 5.73 Å². The van der Waals surface area contributed by atoms with Crippen LogP contribution >= 0.6 is 23.1 Å². The van der Waals surface area contributed by atoms with Gasteiger partial charge in [-0.2, -0.15) is 11.8 Å². The van der Waals surface area contributed by atoms with E-state index in [0.717, 1.165) is 35.6 Å². The van der Waals surface area contributed by atoms with Crippen molar-refractivity contribution in [1.29, 1.82) is 0 Å². The highest BCUT2D eigenvalue weighted by molar-refractivity contribution is 7.99. The van der Waals surface area contributed by atoms with Gasteiger partial charge in [-0.3, -0.25) is 0 Å². The van der Waals surface area contributed by atoms with Crippen LogP contribution in [0.4, 0.5) is 0 Å². The SMILES string of the molecule is NCCc1ccc(S(=O)(=O)NC2CCCSC2)s1. The maximum Gasteiger partial charge on any atom is 0.250 e. The van der Waals surface area contributed by atoms with Crippen molar-refractivity contribution >= 4 is 33.1 Å². The van der Waals surface area contributed by atoms with Crippen molar-refractivity contribution in [2.45, 2.75) is 29.5 Å². The molecule has 0 spiro atoms. The molecule has 1 aliphatic heterocycles. The van der Waals surface area contributed by atoms with Gasteiger partial charge in [-0.15, -0.1) is 11.3 Å². The number of hydrogen-bond donors (Lipinski definition) is 2. The van der Waals surface area contributed by atoms with Crippen molar-refractivity contribution in [2.24, 2.45) is 5.73 Å². The molecule has 4 nitrogen and oxygen atoms in total. The van der Waals surface area contributed by atoms with E-state index >= 15 is 0 Å². The maximum absolute atomic E-state index is 12.2. The number of nitrogens with one attached hydrogen (secondary N) is 1. The average molecular weight is 306 g/mol. The van der Waals surface area contributed by atoms with Crippen LogP contribution < -0.4 is 10.5 Å². The summed E-state index contributed by atoms with van der Waals surface area (Å²) in [6.45, 7) is 0.548. The molecule has 1 fully saturated rings. The molecule has 0 aliphatic carbocycles. The lowest BCUT2D eigenvalue weighted by molar-refractivity contribution is 0.545. The van der Waals surface area contributed by atoms with Crippen molar-refractivity contribution in [2.75, 3.05) is 18.1 Å². The molecule has 0 saturated carbocycles. The number of sulfonamides is 1. The predicted octanol–water partition coefficient (Wildman–Crippen LogP) is 1.42. The van der Waals surface area contributed by atoms with Gasteiger partial charge in [-0.05, 0) is 43.7 Å². The van der Waals surface area contributed by atoms with E-state index in [9.17, 15) is 8.42 Å². The second-order valence-corrected chi connectivity index (χ2v) is 8.55. The molecule has 1 aliphatic rings. The van der Waals surface area contributed by atoms with E-state index in [1.165, 1.54) is 11.3 Å². The summed E-state index contributed by atoms with van der Waals surface area (Å²) in [5, 5.41) is 0. The Labute approximate surface area is 116 Å². The van der Waals surface area contributed by atoms with E-state index in [4.69, 9.17) is 5.73 Å². The first kappa shape index (κ1) is 14.3. The second-order valence-electron chi connectivity index (χ2n) is 4.29. The van der Waals surface area contributed by atoms with Crippen LogP contribution in [0.3, 0.4) is 0 Å². The molecular weight excluding hydrogens is 288 g/mol. The van der Waals surface area contributed by atoms with Gasteiger partial charge in [0.15, 0.2) is 0 Å². The van der Waals surface area contributed by atoms with Crippen LogP contribution in [0, 0.1) is 0 Å². The third kappa shape index (κ3) is 3.71. The molecule has 0 bridgehead atoms. The molecule has 0 amide bonds. The highest BCUT2D eigenvalue weighted by Crippen LogP contribution is 2.24. The lowest BCUT2D eigenvalue weighted by Crippen LogP contribution is -2.37. The van der Waals surface area contributed by atoms with Crippen LogP contribution in [-0.4, -0.2) is 32.5 Å². The van der Waals surface area contributed by atoms with E-state index in [1.54, 1.807) is 6.07 Å². The monoisotopic (exact) mass is 306 g/mol. The van der Waals surface area contributed by atoms with E-state index in [1.807, 2.05) is 17.8 Å². The number of thioether (sulfide) groups is 1. The molecule has 1 aromatic rings. The van der Waals surface area contributed by atoms with E-state index in [0.29, 0.717) is 10.8 Å². The molecule has 2 rings (SSSR count). The zero-order valence-electron chi connectivity index (χ0n) is 10.1. The Kier molecular flexibility index (Phi) is 5.08. The molecule has 1 saturated heterocycles. The Bertz CT molecular complexity index is 478. The molecule has 18 heavy (non-hydrogen) atoms. The van der Waals surface area contributed by atoms with E-state index in [-0.39, 0.29) is 6.04 Å². The fourth-order valence-corrected chi connectivity index (χ4v) is 5.73. The highest BCUT2D eigenvalue weighted by Gasteiger charge is 2.23. The van der Waals surface area contributed by atoms with Gasteiger partial charge in [-0.25, -0.2) is 13.1 Å². The van der Waals surface area contributed by atoms with Crippen LogP contribution in [0.25, 0.3) is 0 Å². The smallest absolute Gasteiger partial charge is 0.250 e. The number of hydrogen-bond acceptors (Lipinski definition) is 5. The minimum absolute atomic E-state index is 0.0776. The first-order valence-electron chi connectivity index (χ1n) is 6.00. The average Bonchev–Trinajstić information content (AvgIpc) is 2.80. The van der Waals surface area contributed by atoms with Crippen molar-refractivity contribution in [1.82, 2.24) is 4.72 Å². The van der Waals surface area contributed by atoms with Crippen molar-refractivity contribution < 1.29 is 8.42 Å². The van der Waals surface area contributed by atoms with Crippen molar-refractivity contribution in [3.63, 3.8) is 0 Å². The van der Waals surface area contributed by atoms with Crippen LogP contribution in [0.1, 0.15) is 17.7 Å². The molecule has 2 heterocycles. The first-order chi connectivity index (χ1) is 8.62. The minimum Gasteiger partial charge on any atom is -0.330 e.